The van der Waals surface area contributed by atoms with Crippen molar-refractivity contribution in [3.8, 4) is 10.9 Å². The van der Waals surface area contributed by atoms with Gasteiger partial charge in [0.2, 0.25) is 0 Å². The number of piperidine rings is 1. The first-order valence-corrected chi connectivity index (χ1v) is 10.4. The van der Waals surface area contributed by atoms with Crippen molar-refractivity contribution >= 4 is 43.4 Å². The van der Waals surface area contributed by atoms with Crippen LogP contribution in [-0.2, 0) is 0 Å². The molecule has 0 atom stereocenters. The van der Waals surface area contributed by atoms with Crippen molar-refractivity contribution in [2.75, 3.05) is 20.2 Å². The third-order valence-electron chi connectivity index (χ3n) is 4.64. The summed E-state index contributed by atoms with van der Waals surface area (Å²) in [4.78, 5) is 19.1. The van der Waals surface area contributed by atoms with Crippen molar-refractivity contribution in [3.05, 3.63) is 52.5 Å². The van der Waals surface area contributed by atoms with E-state index in [1.807, 2.05) is 47.4 Å². The van der Waals surface area contributed by atoms with Gasteiger partial charge in [-0.1, -0.05) is 33.3 Å². The number of hydrogen-bond donors (Lipinski definition) is 0. The lowest BCUT2D eigenvalue weighted by atomic mass is 10.1. The molecule has 5 nitrogen and oxygen atoms in total. The molecule has 0 saturated carbocycles. The van der Waals surface area contributed by atoms with Crippen molar-refractivity contribution in [1.82, 2.24) is 9.88 Å². The van der Waals surface area contributed by atoms with Crippen LogP contribution in [0.3, 0.4) is 0 Å². The molecule has 0 aliphatic carbocycles. The maximum atomic E-state index is 12.6. The second-order valence-corrected chi connectivity index (χ2v) is 8.34. The Labute approximate surface area is 170 Å². The van der Waals surface area contributed by atoms with Gasteiger partial charge >= 0.3 is 0 Å². The molecule has 2 heterocycles. The Hall–Kier alpha value is -2.12. The maximum absolute atomic E-state index is 12.6. The molecule has 3 aromatic rings. The summed E-state index contributed by atoms with van der Waals surface area (Å²) in [6.45, 7) is 1.38. The van der Waals surface area contributed by atoms with E-state index in [1.165, 1.54) is 11.3 Å². The topological polar surface area (TPSA) is 51.7 Å². The summed E-state index contributed by atoms with van der Waals surface area (Å²) in [6, 6.07) is 13.3. The fraction of sp³-hybridized carbons (Fsp3) is 0.300. The van der Waals surface area contributed by atoms with Gasteiger partial charge in [-0.2, -0.15) is 0 Å². The number of carbonyl (C=O) groups excluding carboxylic acids is 1. The van der Waals surface area contributed by atoms with Crippen molar-refractivity contribution in [1.29, 1.82) is 0 Å². The van der Waals surface area contributed by atoms with Crippen LogP contribution in [-0.4, -0.2) is 42.1 Å². The number of carbonyl (C=O) groups is 1. The average Bonchev–Trinajstić information content (AvgIpc) is 3.09. The van der Waals surface area contributed by atoms with Crippen LogP contribution in [0.15, 0.2) is 46.9 Å². The van der Waals surface area contributed by atoms with Gasteiger partial charge in [0.1, 0.15) is 11.9 Å². The molecule has 4 rings (SSSR count). The third kappa shape index (κ3) is 4.09. The summed E-state index contributed by atoms with van der Waals surface area (Å²) in [5.74, 6) is 0.888. The summed E-state index contributed by atoms with van der Waals surface area (Å²) in [5.41, 5.74) is 1.63. The van der Waals surface area contributed by atoms with Crippen LogP contribution in [0.2, 0.25) is 0 Å². The number of halogens is 1. The van der Waals surface area contributed by atoms with E-state index in [2.05, 4.69) is 20.9 Å². The third-order valence-corrected chi connectivity index (χ3v) is 6.05. The first-order chi connectivity index (χ1) is 13.1. The van der Waals surface area contributed by atoms with Crippen LogP contribution >= 0.6 is 27.3 Å². The lowest BCUT2D eigenvalue weighted by molar-refractivity contribution is 0.0595. The number of nitrogens with zero attached hydrogens (tertiary/aromatic N) is 2. The summed E-state index contributed by atoms with van der Waals surface area (Å²) in [7, 11) is 1.66. The Balaban J connectivity index is 1.37. The minimum Gasteiger partial charge on any atom is -0.497 e. The monoisotopic (exact) mass is 446 g/mol. The molecule has 0 radical (unpaired) electrons. The predicted octanol–water partition coefficient (Wildman–Crippen LogP) is 4.75. The van der Waals surface area contributed by atoms with Gasteiger partial charge in [-0.25, -0.2) is 4.98 Å². The number of fused-ring (bicyclic) bond motifs is 1. The lowest BCUT2D eigenvalue weighted by Crippen LogP contribution is -2.41. The molecule has 2 aromatic carbocycles. The molecule has 140 valence electrons. The van der Waals surface area contributed by atoms with Gasteiger partial charge in [-0.3, -0.25) is 4.79 Å². The molecule has 1 aliphatic rings. The van der Waals surface area contributed by atoms with Gasteiger partial charge in [0.15, 0.2) is 0 Å². The quantitative estimate of drug-likeness (QED) is 0.579. The van der Waals surface area contributed by atoms with Crippen LogP contribution < -0.4 is 9.47 Å². The van der Waals surface area contributed by atoms with E-state index in [0.717, 1.165) is 33.3 Å². The van der Waals surface area contributed by atoms with Gasteiger partial charge in [0, 0.05) is 36.0 Å². The van der Waals surface area contributed by atoms with Gasteiger partial charge in [0.05, 0.1) is 17.3 Å². The number of benzene rings is 2. The van der Waals surface area contributed by atoms with Crippen LogP contribution in [0.4, 0.5) is 0 Å². The van der Waals surface area contributed by atoms with Crippen molar-refractivity contribution < 1.29 is 14.3 Å². The Morgan fingerprint density at radius 1 is 1.22 bits per heavy atom. The highest BCUT2D eigenvalue weighted by Crippen LogP contribution is 2.32. The Morgan fingerprint density at radius 3 is 2.78 bits per heavy atom. The standard InChI is InChI=1S/C20H19BrN2O3S/c1-25-16-5-6-17-18(12-16)27-20(22-17)26-15-7-9-23(10-8-15)19(24)13-3-2-4-14(21)11-13/h2-6,11-12,15H,7-10H2,1H3. The van der Waals surface area contributed by atoms with Crippen LogP contribution in [0.5, 0.6) is 10.9 Å². The SMILES string of the molecule is COc1ccc2nc(OC3CCN(C(=O)c4cccc(Br)c4)CC3)sc2c1. The fourth-order valence-corrected chi connectivity index (χ4v) is 4.49. The summed E-state index contributed by atoms with van der Waals surface area (Å²) < 4.78 is 13.3. The molecule has 0 unspecified atom stereocenters. The molecule has 0 spiro atoms. The van der Waals surface area contributed by atoms with Crippen LogP contribution in [0.1, 0.15) is 23.2 Å². The minimum atomic E-state index is 0.0711. The van der Waals surface area contributed by atoms with E-state index < -0.39 is 0 Å². The van der Waals surface area contributed by atoms with Crippen molar-refractivity contribution in [3.63, 3.8) is 0 Å². The van der Waals surface area contributed by atoms with Gasteiger partial charge < -0.3 is 14.4 Å². The van der Waals surface area contributed by atoms with Gasteiger partial charge in [-0.05, 0) is 36.4 Å². The molecule has 0 bridgehead atoms. The molecule has 1 amide bonds. The predicted molar refractivity (Wildman–Crippen MR) is 110 cm³/mol. The first kappa shape index (κ1) is 18.3. The summed E-state index contributed by atoms with van der Waals surface area (Å²) >= 11 is 4.95. The molecule has 7 heteroatoms. The number of thiazole rings is 1. The van der Waals surface area contributed by atoms with Crippen LogP contribution in [0, 0.1) is 0 Å². The summed E-state index contributed by atoms with van der Waals surface area (Å²) in [6.07, 6.45) is 1.69. The molecular formula is C20H19BrN2O3S. The van der Waals surface area contributed by atoms with E-state index in [1.54, 1.807) is 7.11 Å². The zero-order chi connectivity index (χ0) is 18.8. The van der Waals surface area contributed by atoms with E-state index in [4.69, 9.17) is 9.47 Å². The molecule has 1 fully saturated rings. The Morgan fingerprint density at radius 2 is 2.04 bits per heavy atom. The number of hydrogen-bond acceptors (Lipinski definition) is 5. The highest BCUT2D eigenvalue weighted by Gasteiger charge is 2.25. The molecule has 27 heavy (non-hydrogen) atoms. The molecule has 0 N–H and O–H groups in total. The largest absolute Gasteiger partial charge is 0.497 e. The van der Waals surface area contributed by atoms with Crippen molar-refractivity contribution in [2.24, 2.45) is 0 Å². The van der Waals surface area contributed by atoms with Crippen molar-refractivity contribution in [2.45, 2.75) is 18.9 Å². The summed E-state index contributed by atoms with van der Waals surface area (Å²) in [5, 5.41) is 0.676. The van der Waals surface area contributed by atoms with Gasteiger partial charge in [0.25, 0.3) is 11.1 Å². The van der Waals surface area contributed by atoms with Gasteiger partial charge in [-0.15, -0.1) is 0 Å². The second-order valence-electron chi connectivity index (χ2n) is 6.43. The Bertz CT molecular complexity index is 967. The highest BCUT2D eigenvalue weighted by molar-refractivity contribution is 9.10. The maximum Gasteiger partial charge on any atom is 0.274 e. The van der Waals surface area contributed by atoms with Crippen LogP contribution in [0.25, 0.3) is 10.2 Å². The molecular weight excluding hydrogens is 428 g/mol. The molecule has 1 aliphatic heterocycles. The minimum absolute atomic E-state index is 0.0711. The normalized spacial score (nSPS) is 15.1. The van der Waals surface area contributed by atoms with E-state index in [-0.39, 0.29) is 12.0 Å². The first-order valence-electron chi connectivity index (χ1n) is 8.78. The zero-order valence-electron chi connectivity index (χ0n) is 14.9. The zero-order valence-corrected chi connectivity index (χ0v) is 17.3. The number of methoxy groups -OCH3 is 1. The number of rotatable bonds is 4. The molecule has 1 saturated heterocycles. The second kappa shape index (κ2) is 7.86. The molecule has 1 aromatic heterocycles. The van der Waals surface area contributed by atoms with E-state index >= 15 is 0 Å². The highest BCUT2D eigenvalue weighted by atomic mass is 79.9. The van der Waals surface area contributed by atoms with E-state index in [9.17, 15) is 4.79 Å². The average molecular weight is 447 g/mol. The fourth-order valence-electron chi connectivity index (χ4n) is 3.18. The smallest absolute Gasteiger partial charge is 0.274 e. The number of aromatic nitrogens is 1. The lowest BCUT2D eigenvalue weighted by Gasteiger charge is -2.31. The number of amides is 1. The number of ether oxygens (including phenoxy) is 2. The number of likely N-dealkylation sites (tertiary alicyclic amines) is 1. The Kier molecular flexibility index (Phi) is 5.31. The van der Waals surface area contributed by atoms with E-state index in [0.29, 0.717) is 23.8 Å².